The standard InChI is InChI=1S/C12H22N2O2/c1-11(15)13-5-2-3-12(4-6-13)14-7-9-16-10-8-14/h12H,2-10H2,1H3. The molecule has 2 fully saturated rings. The highest BCUT2D eigenvalue weighted by atomic mass is 16.5. The zero-order chi connectivity index (χ0) is 11.4. The van der Waals surface area contributed by atoms with Crippen LogP contribution in [-0.2, 0) is 9.53 Å². The zero-order valence-electron chi connectivity index (χ0n) is 10.2. The fourth-order valence-corrected chi connectivity index (χ4v) is 2.70. The first-order valence-corrected chi connectivity index (χ1v) is 6.34. The molecule has 0 aromatic rings. The van der Waals surface area contributed by atoms with Crippen molar-refractivity contribution in [3.63, 3.8) is 0 Å². The van der Waals surface area contributed by atoms with Gasteiger partial charge in [-0.05, 0) is 19.3 Å². The summed E-state index contributed by atoms with van der Waals surface area (Å²) in [6.45, 7) is 7.40. The first-order valence-electron chi connectivity index (χ1n) is 6.34. The minimum absolute atomic E-state index is 0.225. The lowest BCUT2D eigenvalue weighted by Crippen LogP contribution is -2.44. The summed E-state index contributed by atoms with van der Waals surface area (Å²) in [5.41, 5.74) is 0. The SMILES string of the molecule is CC(=O)N1CCCC(N2CCOCC2)CC1. The Hall–Kier alpha value is -0.610. The lowest BCUT2D eigenvalue weighted by atomic mass is 10.1. The second-order valence-corrected chi connectivity index (χ2v) is 4.74. The Morgan fingerprint density at radius 2 is 1.88 bits per heavy atom. The first kappa shape index (κ1) is 11.9. The molecule has 2 aliphatic heterocycles. The number of carbonyl (C=O) groups excluding carboxylic acids is 1. The summed E-state index contributed by atoms with van der Waals surface area (Å²) in [6.07, 6.45) is 3.49. The van der Waals surface area contributed by atoms with E-state index in [0.29, 0.717) is 6.04 Å². The van der Waals surface area contributed by atoms with E-state index in [-0.39, 0.29) is 5.91 Å². The molecular formula is C12H22N2O2. The quantitative estimate of drug-likeness (QED) is 0.660. The van der Waals surface area contributed by atoms with Crippen molar-refractivity contribution in [2.45, 2.75) is 32.2 Å². The van der Waals surface area contributed by atoms with Crippen LogP contribution >= 0.6 is 0 Å². The van der Waals surface area contributed by atoms with E-state index in [2.05, 4.69) is 4.90 Å². The van der Waals surface area contributed by atoms with E-state index in [0.717, 1.165) is 52.2 Å². The second kappa shape index (κ2) is 5.64. The third-order valence-electron chi connectivity index (χ3n) is 3.71. The molecule has 0 bridgehead atoms. The summed E-state index contributed by atoms with van der Waals surface area (Å²) in [4.78, 5) is 15.8. The largest absolute Gasteiger partial charge is 0.379 e. The Labute approximate surface area is 97.5 Å². The maximum absolute atomic E-state index is 11.3. The summed E-state index contributed by atoms with van der Waals surface area (Å²) >= 11 is 0. The van der Waals surface area contributed by atoms with Crippen molar-refractivity contribution < 1.29 is 9.53 Å². The molecule has 16 heavy (non-hydrogen) atoms. The van der Waals surface area contributed by atoms with Crippen LogP contribution in [0.25, 0.3) is 0 Å². The third kappa shape index (κ3) is 2.95. The molecule has 2 heterocycles. The van der Waals surface area contributed by atoms with Crippen LogP contribution in [0.15, 0.2) is 0 Å². The molecule has 0 radical (unpaired) electrons. The molecule has 4 nitrogen and oxygen atoms in total. The maximum Gasteiger partial charge on any atom is 0.219 e. The van der Waals surface area contributed by atoms with Gasteiger partial charge in [0.25, 0.3) is 0 Å². The van der Waals surface area contributed by atoms with Crippen molar-refractivity contribution in [2.75, 3.05) is 39.4 Å². The Kier molecular flexibility index (Phi) is 4.18. The fraction of sp³-hybridized carbons (Fsp3) is 0.917. The highest BCUT2D eigenvalue weighted by Gasteiger charge is 2.24. The van der Waals surface area contributed by atoms with Gasteiger partial charge in [-0.2, -0.15) is 0 Å². The molecule has 1 unspecified atom stereocenters. The van der Waals surface area contributed by atoms with E-state index >= 15 is 0 Å². The lowest BCUT2D eigenvalue weighted by Gasteiger charge is -2.33. The predicted octanol–water partition coefficient (Wildman–Crippen LogP) is 0.720. The molecule has 2 rings (SSSR count). The van der Waals surface area contributed by atoms with Gasteiger partial charge in [-0.1, -0.05) is 0 Å². The van der Waals surface area contributed by atoms with Crippen LogP contribution in [0.5, 0.6) is 0 Å². The van der Waals surface area contributed by atoms with E-state index in [9.17, 15) is 4.79 Å². The van der Waals surface area contributed by atoms with E-state index in [1.54, 1.807) is 6.92 Å². The van der Waals surface area contributed by atoms with Crippen LogP contribution < -0.4 is 0 Å². The third-order valence-corrected chi connectivity index (χ3v) is 3.71. The number of nitrogens with zero attached hydrogens (tertiary/aromatic N) is 2. The van der Waals surface area contributed by atoms with Crippen molar-refractivity contribution >= 4 is 5.91 Å². The Balaban J connectivity index is 1.85. The van der Waals surface area contributed by atoms with Crippen molar-refractivity contribution in [1.82, 2.24) is 9.80 Å². The molecule has 0 saturated carbocycles. The van der Waals surface area contributed by atoms with Crippen LogP contribution in [0, 0.1) is 0 Å². The number of morpholine rings is 1. The minimum Gasteiger partial charge on any atom is -0.379 e. The van der Waals surface area contributed by atoms with Gasteiger partial charge in [0.05, 0.1) is 13.2 Å². The summed E-state index contributed by atoms with van der Waals surface area (Å²) in [6, 6.07) is 0.660. The van der Waals surface area contributed by atoms with Crippen LogP contribution in [0.1, 0.15) is 26.2 Å². The van der Waals surface area contributed by atoms with E-state index in [1.807, 2.05) is 4.90 Å². The van der Waals surface area contributed by atoms with E-state index in [1.165, 1.54) is 6.42 Å². The van der Waals surface area contributed by atoms with Crippen LogP contribution in [0.2, 0.25) is 0 Å². The van der Waals surface area contributed by atoms with Gasteiger partial charge in [0.15, 0.2) is 0 Å². The highest BCUT2D eigenvalue weighted by molar-refractivity contribution is 5.73. The van der Waals surface area contributed by atoms with Crippen molar-refractivity contribution in [1.29, 1.82) is 0 Å². The molecule has 0 spiro atoms. The Bertz CT molecular complexity index is 239. The number of rotatable bonds is 1. The predicted molar refractivity (Wildman–Crippen MR) is 62.3 cm³/mol. The van der Waals surface area contributed by atoms with Gasteiger partial charge in [0.1, 0.15) is 0 Å². The monoisotopic (exact) mass is 226 g/mol. The molecule has 2 saturated heterocycles. The van der Waals surface area contributed by atoms with Crippen molar-refractivity contribution in [2.24, 2.45) is 0 Å². The number of carbonyl (C=O) groups is 1. The molecule has 0 aliphatic carbocycles. The molecule has 4 heteroatoms. The average molecular weight is 226 g/mol. The van der Waals surface area contributed by atoms with Crippen molar-refractivity contribution in [3.8, 4) is 0 Å². The first-order chi connectivity index (χ1) is 7.77. The molecule has 0 aromatic heterocycles. The summed E-state index contributed by atoms with van der Waals surface area (Å²) in [5, 5.41) is 0. The van der Waals surface area contributed by atoms with E-state index < -0.39 is 0 Å². The lowest BCUT2D eigenvalue weighted by molar-refractivity contribution is -0.128. The molecule has 0 N–H and O–H groups in total. The van der Waals surface area contributed by atoms with Gasteiger partial charge >= 0.3 is 0 Å². The van der Waals surface area contributed by atoms with Crippen LogP contribution in [0.3, 0.4) is 0 Å². The zero-order valence-corrected chi connectivity index (χ0v) is 10.2. The van der Waals surface area contributed by atoms with Gasteiger partial charge in [-0.3, -0.25) is 9.69 Å². The smallest absolute Gasteiger partial charge is 0.219 e. The number of likely N-dealkylation sites (tertiary alicyclic amines) is 1. The van der Waals surface area contributed by atoms with Gasteiger partial charge in [-0.15, -0.1) is 0 Å². The number of hydrogen-bond acceptors (Lipinski definition) is 3. The van der Waals surface area contributed by atoms with Crippen LogP contribution in [0.4, 0.5) is 0 Å². The van der Waals surface area contributed by atoms with Crippen LogP contribution in [-0.4, -0.2) is 61.1 Å². The molecule has 92 valence electrons. The maximum atomic E-state index is 11.3. The fourth-order valence-electron chi connectivity index (χ4n) is 2.70. The van der Waals surface area contributed by atoms with Gasteiger partial charge < -0.3 is 9.64 Å². The summed E-state index contributed by atoms with van der Waals surface area (Å²) in [5.74, 6) is 0.225. The average Bonchev–Trinajstić information content (AvgIpc) is 2.55. The van der Waals surface area contributed by atoms with E-state index in [4.69, 9.17) is 4.74 Å². The van der Waals surface area contributed by atoms with Gasteiger partial charge in [0.2, 0.25) is 5.91 Å². The minimum atomic E-state index is 0.225. The molecule has 0 aromatic carbocycles. The molecule has 2 aliphatic rings. The normalized spacial score (nSPS) is 28.8. The van der Waals surface area contributed by atoms with Crippen molar-refractivity contribution in [3.05, 3.63) is 0 Å². The second-order valence-electron chi connectivity index (χ2n) is 4.74. The Morgan fingerprint density at radius 1 is 1.12 bits per heavy atom. The Morgan fingerprint density at radius 3 is 2.56 bits per heavy atom. The molecule has 1 amide bonds. The molecular weight excluding hydrogens is 204 g/mol. The van der Waals surface area contributed by atoms with Gasteiger partial charge in [0, 0.05) is 39.1 Å². The number of amides is 1. The summed E-state index contributed by atoms with van der Waals surface area (Å²) < 4.78 is 5.37. The summed E-state index contributed by atoms with van der Waals surface area (Å²) in [7, 11) is 0. The van der Waals surface area contributed by atoms with Gasteiger partial charge in [-0.25, -0.2) is 0 Å². The number of hydrogen-bond donors (Lipinski definition) is 0. The number of ether oxygens (including phenoxy) is 1. The molecule has 1 atom stereocenters. The highest BCUT2D eigenvalue weighted by Crippen LogP contribution is 2.18. The topological polar surface area (TPSA) is 32.8 Å².